The topological polar surface area (TPSA) is 64.5 Å². The molecule has 3 heterocycles. The lowest BCUT2D eigenvalue weighted by Crippen LogP contribution is -2.45. The Morgan fingerprint density at radius 3 is 2.70 bits per heavy atom. The van der Waals surface area contributed by atoms with E-state index in [1.165, 1.54) is 11.3 Å². The average Bonchev–Trinajstić information content (AvgIpc) is 3.02. The second kappa shape index (κ2) is 6.64. The molecule has 0 aromatic carbocycles. The summed E-state index contributed by atoms with van der Waals surface area (Å²) in [6, 6.07) is 1.78. The van der Waals surface area contributed by atoms with Crippen LogP contribution in [0, 0.1) is 0 Å². The summed E-state index contributed by atoms with van der Waals surface area (Å²) in [5, 5.41) is 2.45. The van der Waals surface area contributed by atoms with Gasteiger partial charge in [0.15, 0.2) is 6.29 Å². The van der Waals surface area contributed by atoms with Crippen molar-refractivity contribution in [2.75, 3.05) is 25.1 Å². The average molecular weight is 333 g/mol. The van der Waals surface area contributed by atoms with Crippen LogP contribution in [0.5, 0.6) is 5.19 Å². The molecule has 1 aliphatic heterocycles. The maximum atomic E-state index is 11.5. The monoisotopic (exact) mass is 333 g/mol. The van der Waals surface area contributed by atoms with E-state index in [1.54, 1.807) is 19.4 Å². The number of rotatable bonds is 4. The lowest BCUT2D eigenvalue weighted by Gasteiger charge is -2.37. The number of hydrogen-bond acceptors (Lipinski definition) is 7. The molecule has 7 heteroatoms. The first kappa shape index (κ1) is 15.9. The van der Waals surface area contributed by atoms with Crippen LogP contribution >= 0.6 is 11.3 Å². The van der Waals surface area contributed by atoms with Crippen molar-refractivity contribution >= 4 is 23.3 Å². The predicted molar refractivity (Wildman–Crippen MR) is 89.5 cm³/mol. The minimum atomic E-state index is 0.126. The number of methoxy groups -OCH3 is 1. The van der Waals surface area contributed by atoms with Gasteiger partial charge in [-0.3, -0.25) is 9.78 Å². The fourth-order valence-corrected chi connectivity index (χ4v) is 3.44. The van der Waals surface area contributed by atoms with Gasteiger partial charge in [-0.05, 0) is 19.9 Å². The highest BCUT2D eigenvalue weighted by atomic mass is 32.1. The van der Waals surface area contributed by atoms with Gasteiger partial charge >= 0.3 is 0 Å². The molecule has 2 unspecified atom stereocenters. The molecular weight excluding hydrogens is 314 g/mol. The molecule has 0 spiro atoms. The van der Waals surface area contributed by atoms with Crippen LogP contribution < -0.4 is 9.64 Å². The highest BCUT2D eigenvalue weighted by molar-refractivity contribution is 7.11. The predicted octanol–water partition coefficient (Wildman–Crippen LogP) is 2.64. The molecule has 0 radical (unpaired) electrons. The van der Waals surface area contributed by atoms with Crippen LogP contribution in [0.2, 0.25) is 0 Å². The number of pyridine rings is 1. The van der Waals surface area contributed by atoms with Crippen molar-refractivity contribution in [3.63, 3.8) is 0 Å². The summed E-state index contributed by atoms with van der Waals surface area (Å²) in [5.41, 5.74) is 2.84. The second-order valence-corrected chi connectivity index (χ2v) is 6.43. The van der Waals surface area contributed by atoms with Gasteiger partial charge in [0.25, 0.3) is 5.19 Å². The zero-order valence-electron chi connectivity index (χ0n) is 13.4. The quantitative estimate of drug-likeness (QED) is 0.802. The molecule has 1 saturated heterocycles. The molecule has 122 valence electrons. The van der Waals surface area contributed by atoms with Gasteiger partial charge in [-0.15, -0.1) is 0 Å². The van der Waals surface area contributed by atoms with Gasteiger partial charge in [0.1, 0.15) is 5.69 Å². The van der Waals surface area contributed by atoms with Crippen LogP contribution in [0.3, 0.4) is 0 Å². The molecule has 1 fully saturated rings. The summed E-state index contributed by atoms with van der Waals surface area (Å²) in [5.74, 6) is 0. The number of aldehydes is 1. The van der Waals surface area contributed by atoms with Gasteiger partial charge in [-0.1, -0.05) is 11.3 Å². The van der Waals surface area contributed by atoms with E-state index < -0.39 is 0 Å². The third-order valence-corrected chi connectivity index (χ3v) is 4.52. The van der Waals surface area contributed by atoms with E-state index in [0.717, 1.165) is 25.1 Å². The fraction of sp³-hybridized carbons (Fsp3) is 0.438. The Labute approximate surface area is 139 Å². The van der Waals surface area contributed by atoms with Gasteiger partial charge in [-0.2, -0.15) is 0 Å². The molecule has 0 saturated carbocycles. The lowest BCUT2D eigenvalue weighted by atomic mass is 10.1. The van der Waals surface area contributed by atoms with Crippen LogP contribution in [0.15, 0.2) is 17.6 Å². The SMILES string of the molecule is COc1nc(-c2cc(C=O)c(N3CC(C)OC(C)C3)cn2)cs1. The number of aromatic nitrogens is 2. The van der Waals surface area contributed by atoms with Crippen molar-refractivity contribution in [3.05, 3.63) is 23.2 Å². The van der Waals surface area contributed by atoms with Crippen molar-refractivity contribution in [1.29, 1.82) is 0 Å². The van der Waals surface area contributed by atoms with Gasteiger partial charge < -0.3 is 14.4 Å². The molecular formula is C16H19N3O3S. The summed E-state index contributed by atoms with van der Waals surface area (Å²) < 4.78 is 10.8. The minimum absolute atomic E-state index is 0.126. The Balaban J connectivity index is 1.92. The first-order chi connectivity index (χ1) is 11.1. The molecule has 6 nitrogen and oxygen atoms in total. The zero-order chi connectivity index (χ0) is 16.4. The second-order valence-electron chi connectivity index (χ2n) is 5.61. The van der Waals surface area contributed by atoms with Gasteiger partial charge in [0.2, 0.25) is 0 Å². The number of ether oxygens (including phenoxy) is 2. The number of morpholine rings is 1. The van der Waals surface area contributed by atoms with E-state index in [2.05, 4.69) is 14.9 Å². The smallest absolute Gasteiger partial charge is 0.273 e. The number of anilines is 1. The minimum Gasteiger partial charge on any atom is -0.473 e. The van der Waals surface area contributed by atoms with Crippen molar-refractivity contribution in [2.45, 2.75) is 26.1 Å². The van der Waals surface area contributed by atoms with Crippen LogP contribution in [0.25, 0.3) is 11.4 Å². The fourth-order valence-electron chi connectivity index (χ4n) is 2.81. The zero-order valence-corrected chi connectivity index (χ0v) is 14.2. The largest absolute Gasteiger partial charge is 0.473 e. The maximum absolute atomic E-state index is 11.5. The van der Waals surface area contributed by atoms with Crippen molar-refractivity contribution in [2.24, 2.45) is 0 Å². The van der Waals surface area contributed by atoms with E-state index >= 15 is 0 Å². The molecule has 0 N–H and O–H groups in total. The third kappa shape index (κ3) is 3.35. The first-order valence-corrected chi connectivity index (χ1v) is 8.34. The standard InChI is InChI=1S/C16H19N3O3S/c1-10-6-19(7-11(2)22-10)15-5-17-13(4-12(15)8-20)14-9-23-16(18-14)21-3/h4-5,8-11H,6-7H2,1-3H3. The molecule has 1 aliphatic rings. The highest BCUT2D eigenvalue weighted by Crippen LogP contribution is 2.29. The highest BCUT2D eigenvalue weighted by Gasteiger charge is 2.24. The number of carbonyl (C=O) groups is 1. The summed E-state index contributed by atoms with van der Waals surface area (Å²) in [4.78, 5) is 22.5. The Bertz CT molecular complexity index is 694. The van der Waals surface area contributed by atoms with Crippen molar-refractivity contribution in [1.82, 2.24) is 9.97 Å². The van der Waals surface area contributed by atoms with Gasteiger partial charge in [0.05, 0.1) is 36.9 Å². The Morgan fingerprint density at radius 1 is 1.35 bits per heavy atom. The number of nitrogens with zero attached hydrogens (tertiary/aromatic N) is 3. The molecule has 0 bridgehead atoms. The van der Waals surface area contributed by atoms with Crippen molar-refractivity contribution < 1.29 is 14.3 Å². The van der Waals surface area contributed by atoms with Crippen molar-refractivity contribution in [3.8, 4) is 16.6 Å². The normalized spacial score (nSPS) is 21.3. The van der Waals surface area contributed by atoms with E-state index in [0.29, 0.717) is 22.1 Å². The molecule has 2 atom stereocenters. The summed E-state index contributed by atoms with van der Waals surface area (Å²) in [6.07, 6.45) is 2.87. The maximum Gasteiger partial charge on any atom is 0.273 e. The Kier molecular flexibility index (Phi) is 4.58. The molecule has 0 amide bonds. The summed E-state index contributed by atoms with van der Waals surface area (Å²) in [6.45, 7) is 5.56. The van der Waals surface area contributed by atoms with Crippen LogP contribution in [0.1, 0.15) is 24.2 Å². The molecule has 2 aromatic heterocycles. The van der Waals surface area contributed by atoms with E-state index in [1.807, 2.05) is 19.2 Å². The van der Waals surface area contributed by atoms with Crippen LogP contribution in [-0.2, 0) is 4.74 Å². The van der Waals surface area contributed by atoms with Gasteiger partial charge in [-0.25, -0.2) is 4.98 Å². The Morgan fingerprint density at radius 2 is 2.09 bits per heavy atom. The summed E-state index contributed by atoms with van der Waals surface area (Å²) >= 11 is 1.40. The molecule has 0 aliphatic carbocycles. The molecule has 3 rings (SSSR count). The number of hydrogen-bond donors (Lipinski definition) is 0. The Hall–Kier alpha value is -1.99. The summed E-state index contributed by atoms with van der Waals surface area (Å²) in [7, 11) is 1.58. The first-order valence-electron chi connectivity index (χ1n) is 7.46. The lowest BCUT2D eigenvalue weighted by molar-refractivity contribution is -0.00527. The molecule has 23 heavy (non-hydrogen) atoms. The third-order valence-electron chi connectivity index (χ3n) is 3.72. The van der Waals surface area contributed by atoms with E-state index in [4.69, 9.17) is 9.47 Å². The van der Waals surface area contributed by atoms with Crippen LogP contribution in [0.4, 0.5) is 5.69 Å². The van der Waals surface area contributed by atoms with Gasteiger partial charge in [0, 0.05) is 24.0 Å². The van der Waals surface area contributed by atoms with E-state index in [-0.39, 0.29) is 12.2 Å². The number of carbonyl (C=O) groups excluding carboxylic acids is 1. The molecule has 2 aromatic rings. The van der Waals surface area contributed by atoms with Crippen LogP contribution in [-0.4, -0.2) is 48.7 Å². The van der Waals surface area contributed by atoms with E-state index in [9.17, 15) is 4.79 Å². The number of thiazole rings is 1.